The molecule has 1 rings (SSSR count). The molecule has 1 aliphatic carbocycles. The summed E-state index contributed by atoms with van der Waals surface area (Å²) in [6.45, 7) is 4.48. The van der Waals surface area contributed by atoms with E-state index in [0.29, 0.717) is 5.41 Å². The Bertz CT molecular complexity index is 276. The third-order valence-electron chi connectivity index (χ3n) is 3.54. The van der Waals surface area contributed by atoms with Crippen molar-refractivity contribution in [3.05, 3.63) is 0 Å². The molecule has 0 N–H and O–H groups in total. The van der Waals surface area contributed by atoms with E-state index in [-0.39, 0.29) is 6.04 Å². The predicted octanol–water partition coefficient (Wildman–Crippen LogP) is 1.59. The maximum Gasteiger partial charge on any atom is 0.396 e. The fourth-order valence-corrected chi connectivity index (χ4v) is 2.17. The van der Waals surface area contributed by atoms with Crippen molar-refractivity contribution in [2.24, 2.45) is 5.41 Å². The number of carbonyl (C=O) groups is 2. The lowest BCUT2D eigenvalue weighted by Gasteiger charge is -2.38. The molecule has 0 aromatic rings. The number of nitrogens with zero attached hydrogens (tertiary/aromatic N) is 1. The molecule has 0 unspecified atom stereocenters. The first-order valence-corrected chi connectivity index (χ1v) is 5.72. The van der Waals surface area contributed by atoms with Crippen molar-refractivity contribution in [2.75, 3.05) is 14.2 Å². The van der Waals surface area contributed by atoms with Gasteiger partial charge in [0.1, 0.15) is 0 Å². The first kappa shape index (κ1) is 13.0. The van der Waals surface area contributed by atoms with Crippen LogP contribution in [0.3, 0.4) is 0 Å². The van der Waals surface area contributed by atoms with Gasteiger partial charge in [0.2, 0.25) is 0 Å². The standard InChI is InChI=1S/C12H21NO3/c1-12(2)7-5-9(6-8-12)13(3)10(14)11(15)16-4/h9H,5-8H2,1-4H3. The Kier molecular flexibility index (Phi) is 3.94. The molecule has 0 saturated heterocycles. The summed E-state index contributed by atoms with van der Waals surface area (Å²) in [6.07, 6.45) is 4.12. The maximum absolute atomic E-state index is 11.6. The molecule has 16 heavy (non-hydrogen) atoms. The van der Waals surface area contributed by atoms with E-state index in [4.69, 9.17) is 0 Å². The molecule has 92 valence electrons. The van der Waals surface area contributed by atoms with Crippen LogP contribution in [-0.2, 0) is 14.3 Å². The summed E-state index contributed by atoms with van der Waals surface area (Å²) in [5, 5.41) is 0. The molecule has 1 amide bonds. The van der Waals surface area contributed by atoms with Crippen molar-refractivity contribution in [3.8, 4) is 0 Å². The molecule has 0 heterocycles. The van der Waals surface area contributed by atoms with Gasteiger partial charge in [-0.1, -0.05) is 13.8 Å². The number of rotatable bonds is 1. The van der Waals surface area contributed by atoms with Crippen molar-refractivity contribution in [1.29, 1.82) is 0 Å². The van der Waals surface area contributed by atoms with Crippen LogP contribution in [0, 0.1) is 5.41 Å². The van der Waals surface area contributed by atoms with E-state index in [9.17, 15) is 9.59 Å². The normalized spacial score (nSPS) is 20.2. The molecule has 0 aliphatic heterocycles. The lowest BCUT2D eigenvalue weighted by molar-refractivity contribution is -0.159. The minimum absolute atomic E-state index is 0.180. The number of amides is 1. The SMILES string of the molecule is COC(=O)C(=O)N(C)C1CCC(C)(C)CC1. The molecule has 0 aromatic carbocycles. The summed E-state index contributed by atoms with van der Waals surface area (Å²) in [5.74, 6) is -1.31. The lowest BCUT2D eigenvalue weighted by Crippen LogP contribution is -2.44. The first-order valence-electron chi connectivity index (χ1n) is 5.72. The zero-order valence-corrected chi connectivity index (χ0v) is 10.6. The Balaban J connectivity index is 2.53. The Hall–Kier alpha value is -1.06. The van der Waals surface area contributed by atoms with Gasteiger partial charge in [0.15, 0.2) is 0 Å². The van der Waals surface area contributed by atoms with Gasteiger partial charge in [-0.3, -0.25) is 4.79 Å². The third kappa shape index (κ3) is 2.97. The van der Waals surface area contributed by atoms with E-state index >= 15 is 0 Å². The molecule has 4 heteroatoms. The number of esters is 1. The predicted molar refractivity (Wildman–Crippen MR) is 60.8 cm³/mol. The van der Waals surface area contributed by atoms with Crippen LogP contribution in [0.5, 0.6) is 0 Å². The molecule has 1 saturated carbocycles. The van der Waals surface area contributed by atoms with Crippen LogP contribution in [0.2, 0.25) is 0 Å². The lowest BCUT2D eigenvalue weighted by atomic mass is 9.75. The molecule has 4 nitrogen and oxygen atoms in total. The fourth-order valence-electron chi connectivity index (χ4n) is 2.17. The van der Waals surface area contributed by atoms with E-state index in [0.717, 1.165) is 25.7 Å². The van der Waals surface area contributed by atoms with Gasteiger partial charge in [0.05, 0.1) is 7.11 Å². The second-order valence-electron chi connectivity index (χ2n) is 5.30. The Morgan fingerprint density at radius 2 is 1.75 bits per heavy atom. The van der Waals surface area contributed by atoms with Gasteiger partial charge in [-0.25, -0.2) is 4.79 Å². The minimum Gasteiger partial charge on any atom is -0.462 e. The molecule has 0 aromatic heterocycles. The van der Waals surface area contributed by atoms with Crippen molar-refractivity contribution >= 4 is 11.9 Å². The Labute approximate surface area is 96.9 Å². The average Bonchev–Trinajstić information content (AvgIpc) is 2.26. The zero-order valence-electron chi connectivity index (χ0n) is 10.6. The van der Waals surface area contributed by atoms with Crippen LogP contribution in [0.1, 0.15) is 39.5 Å². The summed E-state index contributed by atoms with van der Waals surface area (Å²) in [7, 11) is 2.92. The molecule has 0 radical (unpaired) electrons. The van der Waals surface area contributed by atoms with E-state index < -0.39 is 11.9 Å². The smallest absolute Gasteiger partial charge is 0.396 e. The highest BCUT2D eigenvalue weighted by molar-refractivity contribution is 6.32. The monoisotopic (exact) mass is 227 g/mol. The topological polar surface area (TPSA) is 46.6 Å². The van der Waals surface area contributed by atoms with E-state index in [2.05, 4.69) is 18.6 Å². The Morgan fingerprint density at radius 1 is 1.25 bits per heavy atom. The number of methoxy groups -OCH3 is 1. The molecule has 1 fully saturated rings. The molecule has 0 bridgehead atoms. The number of likely N-dealkylation sites (N-methyl/N-ethyl adjacent to an activating group) is 1. The van der Waals surface area contributed by atoms with E-state index in [1.54, 1.807) is 7.05 Å². The molecule has 0 spiro atoms. The third-order valence-corrected chi connectivity index (χ3v) is 3.54. The quantitative estimate of drug-likeness (QED) is 0.505. The van der Waals surface area contributed by atoms with Crippen LogP contribution in [0.25, 0.3) is 0 Å². The number of carbonyl (C=O) groups excluding carboxylic acids is 2. The highest BCUT2D eigenvalue weighted by Gasteiger charge is 2.32. The van der Waals surface area contributed by atoms with Crippen molar-refractivity contribution in [3.63, 3.8) is 0 Å². The van der Waals surface area contributed by atoms with Crippen LogP contribution in [-0.4, -0.2) is 37.0 Å². The van der Waals surface area contributed by atoms with Gasteiger partial charge < -0.3 is 9.64 Å². The second-order valence-corrected chi connectivity index (χ2v) is 5.30. The molecule has 1 aliphatic rings. The van der Waals surface area contributed by atoms with Gasteiger partial charge in [-0.15, -0.1) is 0 Å². The molecule has 0 atom stereocenters. The van der Waals surface area contributed by atoms with Gasteiger partial charge in [-0.05, 0) is 31.1 Å². The van der Waals surface area contributed by atoms with Gasteiger partial charge in [0.25, 0.3) is 0 Å². The summed E-state index contributed by atoms with van der Waals surface area (Å²) in [4.78, 5) is 24.2. The highest BCUT2D eigenvalue weighted by atomic mass is 16.5. The first-order chi connectivity index (χ1) is 7.37. The minimum atomic E-state index is -0.771. The van der Waals surface area contributed by atoms with Crippen molar-refractivity contribution in [2.45, 2.75) is 45.6 Å². The largest absolute Gasteiger partial charge is 0.462 e. The fraction of sp³-hybridized carbons (Fsp3) is 0.833. The summed E-state index contributed by atoms with van der Waals surface area (Å²) in [6, 6.07) is 0.180. The van der Waals surface area contributed by atoms with Crippen molar-refractivity contribution in [1.82, 2.24) is 4.90 Å². The van der Waals surface area contributed by atoms with Crippen LogP contribution in [0.4, 0.5) is 0 Å². The second kappa shape index (κ2) is 4.85. The zero-order chi connectivity index (χ0) is 12.3. The van der Waals surface area contributed by atoms with Gasteiger partial charge >= 0.3 is 11.9 Å². The van der Waals surface area contributed by atoms with Gasteiger partial charge in [-0.2, -0.15) is 0 Å². The summed E-state index contributed by atoms with van der Waals surface area (Å²) < 4.78 is 4.43. The van der Waals surface area contributed by atoms with Crippen molar-refractivity contribution < 1.29 is 14.3 Å². The summed E-state index contributed by atoms with van der Waals surface area (Å²) >= 11 is 0. The maximum atomic E-state index is 11.6. The number of hydrogen-bond acceptors (Lipinski definition) is 3. The van der Waals surface area contributed by atoms with E-state index in [1.807, 2.05) is 0 Å². The summed E-state index contributed by atoms with van der Waals surface area (Å²) in [5.41, 5.74) is 0.367. The van der Waals surface area contributed by atoms with Crippen LogP contribution in [0.15, 0.2) is 0 Å². The van der Waals surface area contributed by atoms with Crippen LogP contribution < -0.4 is 0 Å². The van der Waals surface area contributed by atoms with E-state index in [1.165, 1.54) is 12.0 Å². The highest BCUT2D eigenvalue weighted by Crippen LogP contribution is 2.36. The number of ether oxygens (including phenoxy) is 1. The Morgan fingerprint density at radius 3 is 2.19 bits per heavy atom. The van der Waals surface area contributed by atoms with Crippen LogP contribution >= 0.6 is 0 Å². The van der Waals surface area contributed by atoms with Gasteiger partial charge in [0, 0.05) is 13.1 Å². The average molecular weight is 227 g/mol. The molecular formula is C12H21NO3. The molecular weight excluding hydrogens is 206 g/mol. The number of hydrogen-bond donors (Lipinski definition) is 0.